The summed E-state index contributed by atoms with van der Waals surface area (Å²) >= 11 is 6.06. The third kappa shape index (κ3) is 6.61. The predicted molar refractivity (Wildman–Crippen MR) is 150 cm³/mol. The van der Waals surface area contributed by atoms with E-state index in [0.717, 1.165) is 27.7 Å². The van der Waals surface area contributed by atoms with Gasteiger partial charge in [-0.3, -0.25) is 9.78 Å². The number of anilines is 1. The number of halogens is 1. The Morgan fingerprint density at radius 1 is 1.03 bits per heavy atom. The molecule has 3 aromatic carbocycles. The van der Waals surface area contributed by atoms with Gasteiger partial charge in [0.1, 0.15) is 10.6 Å². The molecule has 4 aromatic rings. The smallest absolute Gasteiger partial charge is 0.247 e. The van der Waals surface area contributed by atoms with E-state index >= 15 is 0 Å². The van der Waals surface area contributed by atoms with Crippen LogP contribution in [0.25, 0.3) is 10.9 Å². The first kappa shape index (κ1) is 27.4. The summed E-state index contributed by atoms with van der Waals surface area (Å²) in [5.74, 6) is -0.187. The molecular formula is C28H29ClN4O4S. The highest BCUT2D eigenvalue weighted by atomic mass is 35.5. The number of methoxy groups -OCH3 is 1. The number of carbonyl (C=O) groups excluding carboxylic acids is 1. The van der Waals surface area contributed by atoms with Gasteiger partial charge >= 0.3 is 0 Å². The van der Waals surface area contributed by atoms with Gasteiger partial charge < -0.3 is 15.4 Å². The van der Waals surface area contributed by atoms with E-state index in [1.807, 2.05) is 42.5 Å². The highest BCUT2D eigenvalue weighted by Crippen LogP contribution is 2.29. The lowest BCUT2D eigenvalue weighted by molar-refractivity contribution is -0.121. The monoisotopic (exact) mass is 552 g/mol. The van der Waals surface area contributed by atoms with Crippen molar-refractivity contribution in [2.24, 2.45) is 0 Å². The summed E-state index contributed by atoms with van der Waals surface area (Å²) in [7, 11) is -2.62. The average molecular weight is 553 g/mol. The fraction of sp³-hybridized carbons (Fsp3) is 0.214. The SMILES string of the molecule is COc1ccc(C)cc1S(=O)(=O)N(CC(=O)NCCNc1ccnc2cc(Cl)ccc12)Cc1ccccc1. The Hall–Kier alpha value is -3.66. The van der Waals surface area contributed by atoms with E-state index in [-0.39, 0.29) is 23.7 Å². The van der Waals surface area contributed by atoms with Crippen LogP contribution in [0.3, 0.4) is 0 Å². The van der Waals surface area contributed by atoms with Crippen LogP contribution in [0.1, 0.15) is 11.1 Å². The molecule has 0 saturated carbocycles. The Labute approximate surface area is 227 Å². The molecule has 0 spiro atoms. The Balaban J connectivity index is 1.45. The molecule has 198 valence electrons. The van der Waals surface area contributed by atoms with Crippen molar-refractivity contribution in [3.8, 4) is 5.75 Å². The lowest BCUT2D eigenvalue weighted by Crippen LogP contribution is -2.41. The number of nitrogens with zero attached hydrogens (tertiary/aromatic N) is 2. The molecule has 0 radical (unpaired) electrons. The molecule has 38 heavy (non-hydrogen) atoms. The van der Waals surface area contributed by atoms with Crippen LogP contribution in [0.2, 0.25) is 5.02 Å². The maximum atomic E-state index is 13.7. The molecule has 0 aliphatic carbocycles. The lowest BCUT2D eigenvalue weighted by atomic mass is 10.2. The number of nitrogens with one attached hydrogen (secondary N) is 2. The Morgan fingerprint density at radius 3 is 2.58 bits per heavy atom. The van der Waals surface area contributed by atoms with Gasteiger partial charge in [-0.05, 0) is 54.4 Å². The van der Waals surface area contributed by atoms with Gasteiger partial charge in [-0.15, -0.1) is 0 Å². The van der Waals surface area contributed by atoms with Crippen LogP contribution >= 0.6 is 11.6 Å². The van der Waals surface area contributed by atoms with Gasteiger partial charge in [0.25, 0.3) is 0 Å². The Kier molecular flexibility index (Phi) is 8.83. The van der Waals surface area contributed by atoms with E-state index in [1.54, 1.807) is 43.5 Å². The molecule has 1 heterocycles. The molecular weight excluding hydrogens is 524 g/mol. The van der Waals surface area contributed by atoms with Gasteiger partial charge in [-0.25, -0.2) is 8.42 Å². The highest BCUT2D eigenvalue weighted by molar-refractivity contribution is 7.89. The number of aromatic nitrogens is 1. The number of benzene rings is 3. The topological polar surface area (TPSA) is 101 Å². The van der Waals surface area contributed by atoms with E-state index in [2.05, 4.69) is 15.6 Å². The summed E-state index contributed by atoms with van der Waals surface area (Å²) in [5, 5.41) is 7.62. The van der Waals surface area contributed by atoms with E-state index < -0.39 is 15.9 Å². The van der Waals surface area contributed by atoms with E-state index in [4.69, 9.17) is 16.3 Å². The van der Waals surface area contributed by atoms with Gasteiger partial charge in [-0.2, -0.15) is 4.31 Å². The second-order valence-electron chi connectivity index (χ2n) is 8.71. The number of amides is 1. The number of fused-ring (bicyclic) bond motifs is 1. The van der Waals surface area contributed by atoms with Crippen LogP contribution < -0.4 is 15.4 Å². The van der Waals surface area contributed by atoms with Crippen LogP contribution in [0, 0.1) is 6.92 Å². The van der Waals surface area contributed by atoms with E-state index in [9.17, 15) is 13.2 Å². The van der Waals surface area contributed by atoms with Crippen molar-refractivity contribution in [2.75, 3.05) is 32.1 Å². The van der Waals surface area contributed by atoms with Crippen LogP contribution in [-0.4, -0.2) is 50.4 Å². The van der Waals surface area contributed by atoms with Crippen LogP contribution in [0.15, 0.2) is 83.9 Å². The summed E-state index contributed by atoms with van der Waals surface area (Å²) in [4.78, 5) is 17.3. The van der Waals surface area contributed by atoms with Crippen molar-refractivity contribution in [3.63, 3.8) is 0 Å². The van der Waals surface area contributed by atoms with Gasteiger partial charge in [-0.1, -0.05) is 48.0 Å². The standard InChI is InChI=1S/C28H29ClN4O4S/c1-20-8-11-26(37-2)27(16-20)38(35,36)33(18-21-6-4-3-5-7-21)19-28(34)32-15-14-31-24-12-13-30-25-17-22(29)9-10-23(24)25/h3-13,16-17H,14-15,18-19H2,1-2H3,(H,30,31)(H,32,34). The van der Waals surface area contributed by atoms with E-state index in [1.165, 1.54) is 11.4 Å². The average Bonchev–Trinajstić information content (AvgIpc) is 2.91. The van der Waals surface area contributed by atoms with Gasteiger partial charge in [0.05, 0.1) is 19.2 Å². The first-order valence-corrected chi connectivity index (χ1v) is 13.8. The largest absolute Gasteiger partial charge is 0.495 e. The minimum atomic E-state index is -4.05. The van der Waals surface area contributed by atoms with Crippen molar-refractivity contribution in [1.82, 2.24) is 14.6 Å². The molecule has 0 aliphatic rings. The van der Waals surface area contributed by atoms with Gasteiger partial charge in [0, 0.05) is 41.9 Å². The van der Waals surface area contributed by atoms with Gasteiger partial charge in [0.15, 0.2) is 0 Å². The molecule has 0 unspecified atom stereocenters. The number of hydrogen-bond acceptors (Lipinski definition) is 6. The molecule has 0 bridgehead atoms. The fourth-order valence-corrected chi connectivity index (χ4v) is 5.82. The molecule has 1 aromatic heterocycles. The first-order valence-electron chi connectivity index (χ1n) is 12.0. The Bertz CT molecular complexity index is 1530. The molecule has 8 nitrogen and oxygen atoms in total. The minimum Gasteiger partial charge on any atom is -0.495 e. The molecule has 0 atom stereocenters. The van der Waals surface area contributed by atoms with Crippen molar-refractivity contribution in [3.05, 3.63) is 95.1 Å². The minimum absolute atomic E-state index is 0.0232. The summed E-state index contributed by atoms with van der Waals surface area (Å²) in [6.45, 7) is 2.23. The molecule has 0 fully saturated rings. The maximum absolute atomic E-state index is 13.7. The summed E-state index contributed by atoms with van der Waals surface area (Å²) < 4.78 is 33.9. The van der Waals surface area contributed by atoms with Crippen LogP contribution in [0.5, 0.6) is 5.75 Å². The summed E-state index contributed by atoms with van der Waals surface area (Å²) in [5.41, 5.74) is 3.16. The molecule has 4 rings (SSSR count). The quantitative estimate of drug-likeness (QED) is 0.263. The number of pyridine rings is 1. The van der Waals surface area contributed by atoms with Crippen molar-refractivity contribution in [1.29, 1.82) is 0 Å². The number of sulfonamides is 1. The third-order valence-corrected chi connectivity index (χ3v) is 7.97. The number of aryl methyl sites for hydroxylation is 1. The zero-order chi connectivity index (χ0) is 27.1. The molecule has 2 N–H and O–H groups in total. The van der Waals surface area contributed by atoms with Crippen LogP contribution in [-0.2, 0) is 21.4 Å². The van der Waals surface area contributed by atoms with Crippen molar-refractivity contribution < 1.29 is 17.9 Å². The van der Waals surface area contributed by atoms with Crippen molar-refractivity contribution in [2.45, 2.75) is 18.4 Å². The highest BCUT2D eigenvalue weighted by Gasteiger charge is 2.30. The second kappa shape index (κ2) is 12.3. The van der Waals surface area contributed by atoms with Gasteiger partial charge in [0.2, 0.25) is 15.9 Å². The molecule has 10 heteroatoms. The zero-order valence-corrected chi connectivity index (χ0v) is 22.7. The number of carbonyl (C=O) groups is 1. The first-order chi connectivity index (χ1) is 18.3. The second-order valence-corrected chi connectivity index (χ2v) is 11.1. The van der Waals surface area contributed by atoms with E-state index in [0.29, 0.717) is 18.1 Å². The predicted octanol–water partition coefficient (Wildman–Crippen LogP) is 4.62. The van der Waals surface area contributed by atoms with Crippen molar-refractivity contribution >= 4 is 44.1 Å². The number of hydrogen-bond donors (Lipinski definition) is 2. The fourth-order valence-electron chi connectivity index (χ4n) is 4.03. The third-order valence-electron chi connectivity index (χ3n) is 5.93. The Morgan fingerprint density at radius 2 is 1.82 bits per heavy atom. The normalized spacial score (nSPS) is 11.5. The number of ether oxygens (including phenoxy) is 1. The maximum Gasteiger partial charge on any atom is 0.247 e. The summed E-state index contributed by atoms with van der Waals surface area (Å²) in [6.07, 6.45) is 1.69. The lowest BCUT2D eigenvalue weighted by Gasteiger charge is -2.23. The summed E-state index contributed by atoms with van der Waals surface area (Å²) in [6, 6.07) is 21.4. The molecule has 0 aliphatic heterocycles. The zero-order valence-electron chi connectivity index (χ0n) is 21.1. The van der Waals surface area contributed by atoms with Crippen LogP contribution in [0.4, 0.5) is 5.69 Å². The molecule has 0 saturated heterocycles. The molecule has 1 amide bonds. The number of rotatable bonds is 11.